The van der Waals surface area contributed by atoms with Gasteiger partial charge in [-0.05, 0) is 59.6 Å². The molecule has 0 aliphatic carbocycles. The predicted molar refractivity (Wildman–Crippen MR) is 199 cm³/mol. The minimum absolute atomic E-state index is 0.431. The van der Waals surface area contributed by atoms with E-state index in [4.69, 9.17) is 0 Å². The quantitative estimate of drug-likeness (QED) is 0.0896. The van der Waals surface area contributed by atoms with Gasteiger partial charge in [0.2, 0.25) is 0 Å². The molecule has 0 heterocycles. The molecule has 0 aromatic heterocycles. The lowest BCUT2D eigenvalue weighted by Gasteiger charge is -2.22. The molecule has 0 fully saturated rings. The lowest BCUT2D eigenvalue weighted by molar-refractivity contribution is 0.476. The first kappa shape index (κ1) is 36.9. The van der Waals surface area contributed by atoms with Gasteiger partial charge < -0.3 is 5.11 Å². The van der Waals surface area contributed by atoms with Crippen LogP contribution < -0.4 is 0 Å². The lowest BCUT2D eigenvalue weighted by atomic mass is 9.83. The summed E-state index contributed by atoms with van der Waals surface area (Å²) < 4.78 is 0. The summed E-state index contributed by atoms with van der Waals surface area (Å²) in [7, 11) is 0. The van der Waals surface area contributed by atoms with Crippen molar-refractivity contribution in [2.45, 2.75) is 168 Å². The maximum atomic E-state index is 11.5. The van der Waals surface area contributed by atoms with Gasteiger partial charge in [0.05, 0.1) is 0 Å². The third-order valence-corrected chi connectivity index (χ3v) is 9.71. The van der Waals surface area contributed by atoms with E-state index in [1.165, 1.54) is 164 Å². The van der Waals surface area contributed by atoms with Gasteiger partial charge in [0.15, 0.2) is 0 Å². The molecule has 0 aliphatic rings. The highest BCUT2D eigenvalue weighted by Crippen LogP contribution is 2.43. The molecule has 0 amide bonds. The zero-order valence-corrected chi connectivity index (χ0v) is 29.3. The molecule has 3 aromatic carbocycles. The standard InChI is InChI=1S/C44H66O/c1-3-5-7-9-11-13-15-17-19-21-25-35-40-37-42(45)44(39-33-28-24-29-34-39)43(38-31-26-23-27-32-38)41(40)36-30-22-20-18-16-14-12-10-8-6-4-2/h23-24,26-29,31-34,37,45H,3-22,25,30,35-36H2,1-2H3. The first-order valence-electron chi connectivity index (χ1n) is 19.2. The van der Waals surface area contributed by atoms with Crippen molar-refractivity contribution in [1.29, 1.82) is 0 Å². The average Bonchev–Trinajstić information content (AvgIpc) is 3.07. The number of unbranched alkanes of at least 4 members (excludes halogenated alkanes) is 20. The van der Waals surface area contributed by atoms with Crippen LogP contribution in [-0.4, -0.2) is 5.11 Å². The zero-order valence-electron chi connectivity index (χ0n) is 29.3. The maximum absolute atomic E-state index is 11.5. The Hall–Kier alpha value is -2.54. The first-order valence-corrected chi connectivity index (χ1v) is 19.2. The second-order valence-electron chi connectivity index (χ2n) is 13.6. The summed E-state index contributed by atoms with van der Waals surface area (Å²) in [4.78, 5) is 0. The van der Waals surface area contributed by atoms with Crippen LogP contribution in [0.3, 0.4) is 0 Å². The Morgan fingerprint density at radius 2 is 0.756 bits per heavy atom. The molecule has 3 rings (SSSR count). The lowest BCUT2D eigenvalue weighted by Crippen LogP contribution is -2.02. The normalized spacial score (nSPS) is 11.3. The van der Waals surface area contributed by atoms with E-state index in [1.54, 1.807) is 0 Å². The molecule has 3 aromatic rings. The maximum Gasteiger partial charge on any atom is 0.124 e. The summed E-state index contributed by atoms with van der Waals surface area (Å²) in [5.74, 6) is 0.431. The topological polar surface area (TPSA) is 20.2 Å². The van der Waals surface area contributed by atoms with Crippen LogP contribution in [0, 0.1) is 0 Å². The number of phenols is 1. The predicted octanol–water partition coefficient (Wildman–Crippen LogP) is 14.4. The van der Waals surface area contributed by atoms with Crippen molar-refractivity contribution in [1.82, 2.24) is 0 Å². The third-order valence-electron chi connectivity index (χ3n) is 9.71. The Bertz CT molecular complexity index is 1130. The summed E-state index contributed by atoms with van der Waals surface area (Å²) in [5.41, 5.74) is 7.44. The molecule has 0 saturated carbocycles. The smallest absolute Gasteiger partial charge is 0.124 e. The number of benzene rings is 3. The molecule has 0 spiro atoms. The highest BCUT2D eigenvalue weighted by molar-refractivity contribution is 5.90. The summed E-state index contributed by atoms with van der Waals surface area (Å²) in [6, 6.07) is 23.5. The zero-order chi connectivity index (χ0) is 31.8. The number of phenolic OH excluding ortho intramolecular Hbond substituents is 1. The minimum Gasteiger partial charge on any atom is -0.507 e. The number of aryl methyl sites for hydroxylation is 1. The molecule has 0 unspecified atom stereocenters. The van der Waals surface area contributed by atoms with E-state index >= 15 is 0 Å². The summed E-state index contributed by atoms with van der Waals surface area (Å²) >= 11 is 0. The van der Waals surface area contributed by atoms with E-state index in [0.717, 1.165) is 24.0 Å². The van der Waals surface area contributed by atoms with E-state index in [1.807, 2.05) is 0 Å². The van der Waals surface area contributed by atoms with Gasteiger partial charge >= 0.3 is 0 Å². The Morgan fingerprint density at radius 1 is 0.400 bits per heavy atom. The SMILES string of the molecule is CCCCCCCCCCCCCc1cc(O)c(-c2ccccc2)c(-c2ccccc2)c1CCCCCCCCCCCCC. The molecule has 1 heteroatoms. The van der Waals surface area contributed by atoms with Gasteiger partial charge in [-0.25, -0.2) is 0 Å². The van der Waals surface area contributed by atoms with Crippen molar-refractivity contribution in [3.63, 3.8) is 0 Å². The molecule has 0 radical (unpaired) electrons. The molecule has 248 valence electrons. The molecule has 0 bridgehead atoms. The third kappa shape index (κ3) is 14.2. The number of hydrogen-bond acceptors (Lipinski definition) is 1. The van der Waals surface area contributed by atoms with Crippen molar-refractivity contribution in [2.24, 2.45) is 0 Å². The second-order valence-corrected chi connectivity index (χ2v) is 13.6. The van der Waals surface area contributed by atoms with Crippen molar-refractivity contribution < 1.29 is 5.11 Å². The summed E-state index contributed by atoms with van der Waals surface area (Å²) in [6.45, 7) is 4.59. The van der Waals surface area contributed by atoms with Gasteiger partial charge in [-0.1, -0.05) is 203 Å². The Balaban J connectivity index is 1.65. The average molecular weight is 611 g/mol. The first-order chi connectivity index (χ1) is 22.3. The van der Waals surface area contributed by atoms with Crippen molar-refractivity contribution >= 4 is 0 Å². The van der Waals surface area contributed by atoms with Crippen LogP contribution >= 0.6 is 0 Å². The van der Waals surface area contributed by atoms with E-state index in [0.29, 0.717) is 5.75 Å². The van der Waals surface area contributed by atoms with Crippen LogP contribution in [0.5, 0.6) is 5.75 Å². The van der Waals surface area contributed by atoms with Crippen LogP contribution in [0.4, 0.5) is 0 Å². The van der Waals surface area contributed by atoms with Gasteiger partial charge in [0.25, 0.3) is 0 Å². The molecular formula is C44H66O. The fraction of sp³-hybridized carbons (Fsp3) is 0.591. The van der Waals surface area contributed by atoms with Crippen LogP contribution in [0.2, 0.25) is 0 Å². The molecule has 0 saturated heterocycles. The van der Waals surface area contributed by atoms with E-state index < -0.39 is 0 Å². The Morgan fingerprint density at radius 3 is 1.18 bits per heavy atom. The summed E-state index contributed by atoms with van der Waals surface area (Å²) in [6.07, 6.45) is 32.1. The molecule has 45 heavy (non-hydrogen) atoms. The highest BCUT2D eigenvalue weighted by atomic mass is 16.3. The number of hydrogen-bond donors (Lipinski definition) is 1. The highest BCUT2D eigenvalue weighted by Gasteiger charge is 2.20. The van der Waals surface area contributed by atoms with Gasteiger partial charge in [0.1, 0.15) is 5.75 Å². The number of aromatic hydroxyl groups is 1. The fourth-order valence-corrected chi connectivity index (χ4v) is 7.04. The van der Waals surface area contributed by atoms with Crippen molar-refractivity contribution in [3.05, 3.63) is 77.9 Å². The van der Waals surface area contributed by atoms with Gasteiger partial charge in [0, 0.05) is 5.56 Å². The van der Waals surface area contributed by atoms with Crippen LogP contribution in [0.1, 0.15) is 166 Å². The van der Waals surface area contributed by atoms with E-state index in [9.17, 15) is 5.11 Å². The van der Waals surface area contributed by atoms with Crippen molar-refractivity contribution in [2.75, 3.05) is 0 Å². The van der Waals surface area contributed by atoms with Gasteiger partial charge in [-0.3, -0.25) is 0 Å². The second kappa shape index (κ2) is 23.7. The molecular weight excluding hydrogens is 544 g/mol. The van der Waals surface area contributed by atoms with Crippen molar-refractivity contribution in [3.8, 4) is 28.0 Å². The number of rotatable bonds is 26. The van der Waals surface area contributed by atoms with E-state index in [2.05, 4.69) is 80.6 Å². The largest absolute Gasteiger partial charge is 0.507 e. The molecule has 0 aliphatic heterocycles. The molecule has 1 N–H and O–H groups in total. The van der Waals surface area contributed by atoms with Crippen LogP contribution in [-0.2, 0) is 12.8 Å². The fourth-order valence-electron chi connectivity index (χ4n) is 7.04. The monoisotopic (exact) mass is 611 g/mol. The van der Waals surface area contributed by atoms with Crippen LogP contribution in [0.25, 0.3) is 22.3 Å². The van der Waals surface area contributed by atoms with Gasteiger partial charge in [-0.2, -0.15) is 0 Å². The molecule has 0 atom stereocenters. The Kier molecular flexibility index (Phi) is 19.5. The molecule has 1 nitrogen and oxygen atoms in total. The summed E-state index contributed by atoms with van der Waals surface area (Å²) in [5, 5.41) is 11.5. The van der Waals surface area contributed by atoms with E-state index in [-0.39, 0.29) is 0 Å². The minimum atomic E-state index is 0.431. The van der Waals surface area contributed by atoms with Crippen LogP contribution in [0.15, 0.2) is 66.7 Å². The Labute approximate surface area is 278 Å². The van der Waals surface area contributed by atoms with Gasteiger partial charge in [-0.15, -0.1) is 0 Å².